The van der Waals surface area contributed by atoms with Gasteiger partial charge in [0.2, 0.25) is 0 Å². The van der Waals surface area contributed by atoms with Crippen LogP contribution in [0.3, 0.4) is 0 Å². The van der Waals surface area contributed by atoms with Gasteiger partial charge in [0.15, 0.2) is 11.6 Å². The number of nitrogens with one attached hydrogen (secondary N) is 1. The van der Waals surface area contributed by atoms with Gasteiger partial charge in [0.1, 0.15) is 0 Å². The van der Waals surface area contributed by atoms with Crippen molar-refractivity contribution in [2.24, 2.45) is 0 Å². The van der Waals surface area contributed by atoms with E-state index in [0.29, 0.717) is 40.1 Å². The Morgan fingerprint density at radius 2 is 1.93 bits per heavy atom. The van der Waals surface area contributed by atoms with Crippen molar-refractivity contribution in [2.45, 2.75) is 0 Å². The first-order valence-electron chi connectivity index (χ1n) is 8.64. The van der Waals surface area contributed by atoms with Crippen LogP contribution in [0.1, 0.15) is 0 Å². The van der Waals surface area contributed by atoms with E-state index in [9.17, 15) is 14.0 Å². The first-order valence-corrected chi connectivity index (χ1v) is 9.02. The second kappa shape index (κ2) is 7.12. The Hall–Kier alpha value is -3.13. The van der Waals surface area contributed by atoms with Crippen LogP contribution in [0.5, 0.6) is 0 Å². The molecule has 1 saturated heterocycles. The van der Waals surface area contributed by atoms with Crippen molar-refractivity contribution in [2.75, 3.05) is 31.1 Å². The lowest BCUT2D eigenvalue weighted by Gasteiger charge is -2.33. The molecule has 0 atom stereocenters. The number of carboxylic acid groups (broad SMARTS) is 1. The standard InChI is InChI=1S/C19H16ClFN4O3/c20-14-3-1-2-12-13(14)9-16(23-18(12)26)11-8-15(21)17(22-10-11)24-4-6-25(7-5-24)19(27)28/h1-3,8-10H,4-7H2,(H,23,26)(H,27,28). The number of amides is 1. The topological polar surface area (TPSA) is 89.5 Å². The van der Waals surface area contributed by atoms with Gasteiger partial charge in [-0.3, -0.25) is 4.79 Å². The molecule has 0 bridgehead atoms. The van der Waals surface area contributed by atoms with Crippen molar-refractivity contribution >= 4 is 34.3 Å². The molecule has 0 spiro atoms. The molecule has 1 amide bonds. The molecule has 144 valence electrons. The molecule has 0 radical (unpaired) electrons. The lowest BCUT2D eigenvalue weighted by atomic mass is 10.1. The van der Waals surface area contributed by atoms with Crippen molar-refractivity contribution in [1.29, 1.82) is 0 Å². The predicted octanol–water partition coefficient (Wildman–Crippen LogP) is 3.18. The zero-order valence-electron chi connectivity index (χ0n) is 14.7. The summed E-state index contributed by atoms with van der Waals surface area (Å²) in [5, 5.41) is 10.5. The number of anilines is 1. The molecular formula is C19H16ClFN4O3. The van der Waals surface area contributed by atoms with E-state index in [1.165, 1.54) is 17.2 Å². The van der Waals surface area contributed by atoms with Crippen molar-refractivity contribution in [1.82, 2.24) is 14.9 Å². The molecule has 1 aliphatic heterocycles. The largest absolute Gasteiger partial charge is 0.465 e. The molecule has 1 aliphatic rings. The van der Waals surface area contributed by atoms with Crippen LogP contribution in [0.4, 0.5) is 15.0 Å². The van der Waals surface area contributed by atoms with E-state index in [0.717, 1.165) is 0 Å². The normalized spacial score (nSPS) is 14.5. The summed E-state index contributed by atoms with van der Waals surface area (Å²) in [5.74, 6) is -0.378. The summed E-state index contributed by atoms with van der Waals surface area (Å²) in [5.41, 5.74) is 0.521. The fraction of sp³-hybridized carbons (Fsp3) is 0.211. The van der Waals surface area contributed by atoms with Crippen LogP contribution in [0.15, 0.2) is 41.3 Å². The lowest BCUT2D eigenvalue weighted by molar-refractivity contribution is 0.142. The first-order chi connectivity index (χ1) is 13.4. The van der Waals surface area contributed by atoms with Crippen LogP contribution in [0, 0.1) is 5.82 Å². The lowest BCUT2D eigenvalue weighted by Crippen LogP contribution is -2.48. The summed E-state index contributed by atoms with van der Waals surface area (Å²) in [7, 11) is 0. The van der Waals surface area contributed by atoms with Gasteiger partial charge in [-0.2, -0.15) is 0 Å². The molecule has 2 aromatic heterocycles. The van der Waals surface area contributed by atoms with Crippen LogP contribution in [0.25, 0.3) is 22.0 Å². The molecule has 1 fully saturated rings. The Kier molecular flexibility index (Phi) is 4.64. The van der Waals surface area contributed by atoms with Gasteiger partial charge < -0.3 is 19.9 Å². The van der Waals surface area contributed by atoms with Gasteiger partial charge in [0.25, 0.3) is 5.56 Å². The number of benzene rings is 1. The van der Waals surface area contributed by atoms with Crippen molar-refractivity contribution in [3.63, 3.8) is 0 Å². The van der Waals surface area contributed by atoms with Crippen LogP contribution in [-0.4, -0.2) is 52.2 Å². The molecule has 0 unspecified atom stereocenters. The summed E-state index contributed by atoms with van der Waals surface area (Å²) < 4.78 is 14.7. The van der Waals surface area contributed by atoms with E-state index < -0.39 is 11.9 Å². The molecule has 1 aromatic carbocycles. The molecule has 0 aliphatic carbocycles. The summed E-state index contributed by atoms with van der Waals surface area (Å²) >= 11 is 6.19. The van der Waals surface area contributed by atoms with Gasteiger partial charge in [-0.15, -0.1) is 0 Å². The summed E-state index contributed by atoms with van der Waals surface area (Å²) in [6.45, 7) is 1.29. The van der Waals surface area contributed by atoms with Crippen LogP contribution in [-0.2, 0) is 0 Å². The Labute approximate surface area is 164 Å². The maximum absolute atomic E-state index is 14.7. The number of aromatic nitrogens is 2. The number of fused-ring (bicyclic) bond motifs is 1. The minimum Gasteiger partial charge on any atom is -0.465 e. The van der Waals surface area contributed by atoms with E-state index in [2.05, 4.69) is 9.97 Å². The van der Waals surface area contributed by atoms with Gasteiger partial charge in [-0.1, -0.05) is 17.7 Å². The quantitative estimate of drug-likeness (QED) is 0.687. The van der Waals surface area contributed by atoms with Crippen LogP contribution < -0.4 is 10.5 Å². The minimum atomic E-state index is -0.984. The predicted molar refractivity (Wildman–Crippen MR) is 105 cm³/mol. The molecule has 9 heteroatoms. The number of nitrogens with zero attached hydrogens (tertiary/aromatic N) is 3. The molecule has 4 rings (SSSR count). The van der Waals surface area contributed by atoms with Gasteiger partial charge in [0.05, 0.1) is 5.69 Å². The molecular weight excluding hydrogens is 387 g/mol. The van der Waals surface area contributed by atoms with Crippen molar-refractivity contribution < 1.29 is 14.3 Å². The number of rotatable bonds is 2. The van der Waals surface area contributed by atoms with Crippen molar-refractivity contribution in [3.8, 4) is 11.3 Å². The molecule has 7 nitrogen and oxygen atoms in total. The highest BCUT2D eigenvalue weighted by Gasteiger charge is 2.23. The highest BCUT2D eigenvalue weighted by Crippen LogP contribution is 2.27. The molecule has 28 heavy (non-hydrogen) atoms. The zero-order valence-corrected chi connectivity index (χ0v) is 15.4. The number of hydrogen-bond acceptors (Lipinski definition) is 4. The van der Waals surface area contributed by atoms with E-state index in [-0.39, 0.29) is 24.5 Å². The Morgan fingerprint density at radius 3 is 2.61 bits per heavy atom. The smallest absolute Gasteiger partial charge is 0.407 e. The number of H-pyrrole nitrogens is 1. The Balaban J connectivity index is 1.65. The average Bonchev–Trinajstić information content (AvgIpc) is 2.68. The zero-order chi connectivity index (χ0) is 19.8. The summed E-state index contributed by atoms with van der Waals surface area (Å²) in [6, 6.07) is 8.05. The second-order valence-electron chi connectivity index (χ2n) is 6.50. The molecule has 2 N–H and O–H groups in total. The van der Waals surface area contributed by atoms with E-state index in [4.69, 9.17) is 16.7 Å². The monoisotopic (exact) mass is 402 g/mol. The Morgan fingerprint density at radius 1 is 1.18 bits per heavy atom. The van der Waals surface area contributed by atoms with Crippen LogP contribution in [0.2, 0.25) is 5.02 Å². The Bertz CT molecular complexity index is 1130. The number of hydrogen-bond donors (Lipinski definition) is 2. The fourth-order valence-corrected chi connectivity index (χ4v) is 3.56. The third kappa shape index (κ3) is 3.27. The number of piperazine rings is 1. The number of halogens is 2. The van der Waals surface area contributed by atoms with E-state index >= 15 is 0 Å². The molecule has 3 aromatic rings. The third-order valence-corrected chi connectivity index (χ3v) is 5.15. The summed E-state index contributed by atoms with van der Waals surface area (Å²) in [4.78, 5) is 33.2. The average molecular weight is 403 g/mol. The van der Waals surface area contributed by atoms with Crippen LogP contribution >= 0.6 is 11.6 Å². The first kappa shape index (κ1) is 18.2. The van der Waals surface area contributed by atoms with E-state index in [1.807, 2.05) is 0 Å². The molecule has 0 saturated carbocycles. The maximum Gasteiger partial charge on any atom is 0.407 e. The summed E-state index contributed by atoms with van der Waals surface area (Å²) in [6.07, 6.45) is 0.498. The van der Waals surface area contributed by atoms with Gasteiger partial charge >= 0.3 is 6.09 Å². The highest BCUT2D eigenvalue weighted by molar-refractivity contribution is 6.35. The maximum atomic E-state index is 14.7. The number of carbonyl (C=O) groups is 1. The number of aromatic amines is 1. The number of pyridine rings is 2. The fourth-order valence-electron chi connectivity index (χ4n) is 3.33. The highest BCUT2D eigenvalue weighted by atomic mass is 35.5. The minimum absolute atomic E-state index is 0.162. The third-order valence-electron chi connectivity index (χ3n) is 4.82. The van der Waals surface area contributed by atoms with Gasteiger partial charge in [0, 0.05) is 53.7 Å². The van der Waals surface area contributed by atoms with Gasteiger partial charge in [-0.25, -0.2) is 14.2 Å². The second-order valence-corrected chi connectivity index (χ2v) is 6.91. The van der Waals surface area contributed by atoms with Gasteiger partial charge in [-0.05, 0) is 24.3 Å². The molecule has 3 heterocycles. The van der Waals surface area contributed by atoms with E-state index in [1.54, 1.807) is 29.2 Å². The SMILES string of the molecule is O=C(O)N1CCN(c2ncc(-c3cc4c(Cl)cccc4c(=O)[nH]3)cc2F)CC1. The van der Waals surface area contributed by atoms with Crippen molar-refractivity contribution in [3.05, 3.63) is 57.7 Å².